The van der Waals surface area contributed by atoms with Crippen LogP contribution in [0.3, 0.4) is 0 Å². The molecule has 1 N–H and O–H groups in total. The van der Waals surface area contributed by atoms with Crippen molar-refractivity contribution in [3.8, 4) is 12.3 Å². The largest absolute Gasteiger partial charge is 0.393 e. The van der Waals surface area contributed by atoms with Gasteiger partial charge >= 0.3 is 0 Å². The third-order valence-electron chi connectivity index (χ3n) is 1.44. The fraction of sp³-hybridized carbons (Fsp3) is 0.625. The Kier molecular flexibility index (Phi) is 3.75. The topological polar surface area (TPSA) is 37.3 Å². The summed E-state index contributed by atoms with van der Waals surface area (Å²) in [5.74, 6) is 1.92. The van der Waals surface area contributed by atoms with E-state index in [2.05, 4.69) is 5.92 Å². The Balaban J connectivity index is 4.01. The predicted octanol–water partition coefficient (Wildman–Crippen LogP) is 0.596. The summed E-state index contributed by atoms with van der Waals surface area (Å²) in [7, 11) is 0. The molecule has 0 fully saturated rings. The van der Waals surface area contributed by atoms with Gasteiger partial charge in [0.15, 0.2) is 0 Å². The molecule has 0 heterocycles. The van der Waals surface area contributed by atoms with Crippen molar-refractivity contribution in [3.63, 3.8) is 0 Å². The van der Waals surface area contributed by atoms with Gasteiger partial charge < -0.3 is 5.11 Å². The van der Waals surface area contributed by atoms with Gasteiger partial charge in [0.1, 0.15) is 5.78 Å². The second-order valence-corrected chi connectivity index (χ2v) is 2.37. The molecule has 2 nitrogen and oxygen atoms in total. The zero-order valence-corrected chi connectivity index (χ0v) is 6.29. The molecule has 10 heavy (non-hydrogen) atoms. The average molecular weight is 140 g/mol. The number of carbonyl (C=O) groups is 1. The van der Waals surface area contributed by atoms with Gasteiger partial charge in [-0.05, 0) is 13.8 Å². The summed E-state index contributed by atoms with van der Waals surface area (Å²) in [4.78, 5) is 10.7. The molecule has 56 valence electrons. The summed E-state index contributed by atoms with van der Waals surface area (Å²) in [6.45, 7) is 3.01. The first-order chi connectivity index (χ1) is 4.59. The molecular formula is C8H12O2. The minimum Gasteiger partial charge on any atom is -0.393 e. The molecule has 2 heteroatoms. The summed E-state index contributed by atoms with van der Waals surface area (Å²) in [5, 5.41) is 9.00. The molecule has 0 aromatic heterocycles. The Morgan fingerprint density at radius 3 is 2.40 bits per heavy atom. The van der Waals surface area contributed by atoms with Crippen LogP contribution in [0.25, 0.3) is 0 Å². The molecule has 0 bridgehead atoms. The number of rotatable bonds is 3. The van der Waals surface area contributed by atoms with Gasteiger partial charge in [-0.15, -0.1) is 12.3 Å². The Morgan fingerprint density at radius 2 is 2.30 bits per heavy atom. The third-order valence-corrected chi connectivity index (χ3v) is 1.44. The summed E-state index contributed by atoms with van der Waals surface area (Å²) in [5.41, 5.74) is 0. The molecule has 0 saturated heterocycles. The summed E-state index contributed by atoms with van der Waals surface area (Å²) in [6, 6.07) is 0. The Morgan fingerprint density at radius 1 is 1.80 bits per heavy atom. The Hall–Kier alpha value is -0.810. The van der Waals surface area contributed by atoms with Crippen molar-refractivity contribution in [3.05, 3.63) is 0 Å². The van der Waals surface area contributed by atoms with Crippen molar-refractivity contribution in [2.45, 2.75) is 26.4 Å². The van der Waals surface area contributed by atoms with Gasteiger partial charge in [0.05, 0.1) is 12.0 Å². The zero-order valence-electron chi connectivity index (χ0n) is 6.29. The van der Waals surface area contributed by atoms with Crippen LogP contribution < -0.4 is 0 Å². The van der Waals surface area contributed by atoms with Crippen molar-refractivity contribution in [1.82, 2.24) is 0 Å². The number of Topliss-reactive ketones (excluding diaryl/α,β-unsaturated/α-hetero) is 1. The fourth-order valence-corrected chi connectivity index (χ4v) is 0.781. The first-order valence-electron chi connectivity index (χ1n) is 3.21. The molecule has 0 spiro atoms. The number of aliphatic hydroxyl groups is 1. The molecule has 0 rings (SSSR count). The maximum absolute atomic E-state index is 10.7. The van der Waals surface area contributed by atoms with Gasteiger partial charge in [0.2, 0.25) is 0 Å². The number of carbonyl (C=O) groups excluding carboxylic acids is 1. The second-order valence-electron chi connectivity index (χ2n) is 2.37. The molecule has 0 radical (unpaired) electrons. The zero-order chi connectivity index (χ0) is 8.15. The summed E-state index contributed by atoms with van der Waals surface area (Å²) < 4.78 is 0. The highest BCUT2D eigenvalue weighted by atomic mass is 16.3. The first-order valence-corrected chi connectivity index (χ1v) is 3.21. The van der Waals surface area contributed by atoms with Gasteiger partial charge in [0, 0.05) is 6.42 Å². The quantitative estimate of drug-likeness (QED) is 0.583. The van der Waals surface area contributed by atoms with Gasteiger partial charge in [0.25, 0.3) is 0 Å². The molecule has 0 amide bonds. The summed E-state index contributed by atoms with van der Waals surface area (Å²) >= 11 is 0. The molecule has 0 aromatic rings. The lowest BCUT2D eigenvalue weighted by atomic mass is 9.96. The monoisotopic (exact) mass is 140 g/mol. The lowest BCUT2D eigenvalue weighted by Crippen LogP contribution is -2.23. The van der Waals surface area contributed by atoms with Crippen LogP contribution in [0.15, 0.2) is 0 Å². The molecule has 2 unspecified atom stereocenters. The van der Waals surface area contributed by atoms with Crippen molar-refractivity contribution >= 4 is 5.78 Å². The predicted molar refractivity (Wildman–Crippen MR) is 39.3 cm³/mol. The van der Waals surface area contributed by atoms with Crippen LogP contribution >= 0.6 is 0 Å². The van der Waals surface area contributed by atoms with E-state index in [4.69, 9.17) is 11.5 Å². The van der Waals surface area contributed by atoms with E-state index in [1.807, 2.05) is 0 Å². The van der Waals surface area contributed by atoms with Crippen LogP contribution in [0.4, 0.5) is 0 Å². The van der Waals surface area contributed by atoms with Gasteiger partial charge in [-0.2, -0.15) is 0 Å². The van der Waals surface area contributed by atoms with Crippen LogP contribution in [0, 0.1) is 18.3 Å². The molecule has 0 aliphatic carbocycles. The smallest absolute Gasteiger partial charge is 0.136 e. The Bertz CT molecular complexity index is 153. The van der Waals surface area contributed by atoms with Crippen LogP contribution in [0.2, 0.25) is 0 Å². The number of hydrogen-bond acceptors (Lipinski definition) is 2. The highest BCUT2D eigenvalue weighted by Crippen LogP contribution is 2.08. The molecule has 0 saturated carbocycles. The average Bonchev–Trinajstić information content (AvgIpc) is 1.81. The lowest BCUT2D eigenvalue weighted by molar-refractivity contribution is -0.123. The number of ketones is 1. The van der Waals surface area contributed by atoms with Gasteiger partial charge in [-0.1, -0.05) is 0 Å². The normalized spacial score (nSPS) is 15.4. The maximum Gasteiger partial charge on any atom is 0.136 e. The fourth-order valence-electron chi connectivity index (χ4n) is 0.781. The van der Waals surface area contributed by atoms with Crippen LogP contribution in [0.1, 0.15) is 20.3 Å². The minimum absolute atomic E-state index is 0.0482. The lowest BCUT2D eigenvalue weighted by Gasteiger charge is -2.12. The van der Waals surface area contributed by atoms with Gasteiger partial charge in [-0.3, -0.25) is 4.79 Å². The van der Waals surface area contributed by atoms with Gasteiger partial charge in [-0.25, -0.2) is 0 Å². The van der Waals surface area contributed by atoms with E-state index >= 15 is 0 Å². The minimum atomic E-state index is -0.631. The number of hydrogen-bond donors (Lipinski definition) is 1. The highest BCUT2D eigenvalue weighted by molar-refractivity contribution is 5.79. The summed E-state index contributed by atoms with van der Waals surface area (Å²) in [6.07, 6.45) is 4.69. The standard InChI is InChI=1S/C8H12O2/c1-4-5-8(6(2)9)7(3)10/h1,6,8-9H,5H2,2-3H3. The van der Waals surface area contributed by atoms with Crippen molar-refractivity contribution in [2.24, 2.45) is 5.92 Å². The van der Waals surface area contributed by atoms with E-state index in [-0.39, 0.29) is 11.7 Å². The number of aliphatic hydroxyl groups excluding tert-OH is 1. The van der Waals surface area contributed by atoms with Crippen LogP contribution in [-0.2, 0) is 4.79 Å². The van der Waals surface area contributed by atoms with Crippen LogP contribution in [0.5, 0.6) is 0 Å². The van der Waals surface area contributed by atoms with E-state index in [0.29, 0.717) is 6.42 Å². The first kappa shape index (κ1) is 9.19. The van der Waals surface area contributed by atoms with E-state index < -0.39 is 6.10 Å². The van der Waals surface area contributed by atoms with E-state index in [0.717, 1.165) is 0 Å². The molecule has 0 aromatic carbocycles. The molecule has 0 aliphatic rings. The molecule has 2 atom stereocenters. The SMILES string of the molecule is C#CCC(C(C)=O)C(C)O. The van der Waals surface area contributed by atoms with E-state index in [9.17, 15) is 4.79 Å². The van der Waals surface area contributed by atoms with E-state index in [1.165, 1.54) is 6.92 Å². The van der Waals surface area contributed by atoms with Crippen molar-refractivity contribution < 1.29 is 9.90 Å². The van der Waals surface area contributed by atoms with E-state index in [1.54, 1.807) is 6.92 Å². The van der Waals surface area contributed by atoms with Crippen molar-refractivity contribution in [1.29, 1.82) is 0 Å². The Labute approximate surface area is 61.2 Å². The highest BCUT2D eigenvalue weighted by Gasteiger charge is 2.17. The molecular weight excluding hydrogens is 128 g/mol. The van der Waals surface area contributed by atoms with Crippen LogP contribution in [-0.4, -0.2) is 17.0 Å². The third kappa shape index (κ3) is 2.65. The second kappa shape index (κ2) is 4.08. The van der Waals surface area contributed by atoms with Crippen molar-refractivity contribution in [2.75, 3.05) is 0 Å². The molecule has 0 aliphatic heterocycles. The maximum atomic E-state index is 10.7. The number of terminal acetylenes is 1.